The lowest BCUT2D eigenvalue weighted by atomic mass is 10.00. The fourth-order valence-electron chi connectivity index (χ4n) is 2.18. The standard InChI is InChI=1S/C14H21N3O2/c15-14(18)10-19-13-5-3-12(4-6-13)17-9-11-2-1-7-16-8-11/h3-6,11,16-17H,1-2,7-10H2,(H2,15,18). The van der Waals surface area contributed by atoms with Crippen LogP contribution in [0.1, 0.15) is 12.8 Å². The third-order valence-electron chi connectivity index (χ3n) is 3.23. The number of hydrogen-bond donors (Lipinski definition) is 3. The maximum absolute atomic E-state index is 10.6. The van der Waals surface area contributed by atoms with Crippen LogP contribution in [0.4, 0.5) is 5.69 Å². The van der Waals surface area contributed by atoms with E-state index in [1.807, 2.05) is 24.3 Å². The largest absolute Gasteiger partial charge is 0.484 e. The third kappa shape index (κ3) is 4.79. The van der Waals surface area contributed by atoms with Crippen LogP contribution in [0.5, 0.6) is 5.75 Å². The van der Waals surface area contributed by atoms with Crippen LogP contribution in [0.15, 0.2) is 24.3 Å². The van der Waals surface area contributed by atoms with Gasteiger partial charge in [0.2, 0.25) is 0 Å². The highest BCUT2D eigenvalue weighted by Gasteiger charge is 2.12. The Bertz CT molecular complexity index is 400. The van der Waals surface area contributed by atoms with E-state index in [0.717, 1.165) is 25.3 Å². The normalized spacial score (nSPS) is 18.8. The summed E-state index contributed by atoms with van der Waals surface area (Å²) < 4.78 is 5.20. The topological polar surface area (TPSA) is 76.4 Å². The van der Waals surface area contributed by atoms with Gasteiger partial charge >= 0.3 is 0 Å². The van der Waals surface area contributed by atoms with Crippen LogP contribution in [-0.2, 0) is 4.79 Å². The number of carbonyl (C=O) groups is 1. The monoisotopic (exact) mass is 263 g/mol. The zero-order valence-electron chi connectivity index (χ0n) is 11.0. The first-order valence-electron chi connectivity index (χ1n) is 6.70. The zero-order valence-corrected chi connectivity index (χ0v) is 11.0. The molecule has 0 spiro atoms. The predicted octanol–water partition coefficient (Wildman–Crippen LogP) is 0.962. The summed E-state index contributed by atoms with van der Waals surface area (Å²) in [5, 5.41) is 6.82. The van der Waals surface area contributed by atoms with E-state index in [-0.39, 0.29) is 6.61 Å². The Morgan fingerprint density at radius 1 is 1.42 bits per heavy atom. The molecule has 1 aliphatic heterocycles. The van der Waals surface area contributed by atoms with E-state index in [2.05, 4.69) is 10.6 Å². The van der Waals surface area contributed by atoms with Gasteiger partial charge < -0.3 is 21.1 Å². The van der Waals surface area contributed by atoms with Crippen LogP contribution in [-0.4, -0.2) is 32.1 Å². The molecule has 19 heavy (non-hydrogen) atoms. The fourth-order valence-corrected chi connectivity index (χ4v) is 2.18. The Labute approximate surface area is 113 Å². The number of carbonyl (C=O) groups excluding carboxylic acids is 1. The first-order chi connectivity index (χ1) is 9.24. The van der Waals surface area contributed by atoms with Crippen molar-refractivity contribution in [3.8, 4) is 5.75 Å². The number of amides is 1. The summed E-state index contributed by atoms with van der Waals surface area (Å²) in [5.74, 6) is 0.884. The lowest BCUT2D eigenvalue weighted by molar-refractivity contribution is -0.119. The minimum absolute atomic E-state index is 0.0828. The maximum Gasteiger partial charge on any atom is 0.255 e. The van der Waals surface area contributed by atoms with Crippen molar-refractivity contribution < 1.29 is 9.53 Å². The molecule has 0 bridgehead atoms. The van der Waals surface area contributed by atoms with Crippen LogP contribution in [0.2, 0.25) is 0 Å². The Morgan fingerprint density at radius 2 is 2.21 bits per heavy atom. The van der Waals surface area contributed by atoms with Crippen molar-refractivity contribution in [3.05, 3.63) is 24.3 Å². The third-order valence-corrected chi connectivity index (χ3v) is 3.23. The zero-order chi connectivity index (χ0) is 13.5. The Morgan fingerprint density at radius 3 is 2.84 bits per heavy atom. The van der Waals surface area contributed by atoms with E-state index in [9.17, 15) is 4.79 Å². The molecule has 0 aromatic heterocycles. The highest BCUT2D eigenvalue weighted by Crippen LogP contribution is 2.17. The molecule has 104 valence electrons. The first kappa shape index (κ1) is 13.7. The van der Waals surface area contributed by atoms with E-state index in [4.69, 9.17) is 10.5 Å². The highest BCUT2D eigenvalue weighted by molar-refractivity contribution is 5.75. The van der Waals surface area contributed by atoms with Gasteiger partial charge in [0.1, 0.15) is 5.75 Å². The Hall–Kier alpha value is -1.75. The number of hydrogen-bond acceptors (Lipinski definition) is 4. The van der Waals surface area contributed by atoms with Crippen LogP contribution in [0.25, 0.3) is 0 Å². The number of anilines is 1. The van der Waals surface area contributed by atoms with Crippen molar-refractivity contribution in [1.29, 1.82) is 0 Å². The minimum Gasteiger partial charge on any atom is -0.484 e. The van der Waals surface area contributed by atoms with Gasteiger partial charge in [-0.1, -0.05) is 0 Å². The average molecular weight is 263 g/mol. The molecule has 1 fully saturated rings. The minimum atomic E-state index is -0.466. The van der Waals surface area contributed by atoms with Crippen LogP contribution >= 0.6 is 0 Å². The summed E-state index contributed by atoms with van der Waals surface area (Å²) in [6.45, 7) is 3.13. The molecule has 1 amide bonds. The molecule has 5 nitrogen and oxygen atoms in total. The smallest absolute Gasteiger partial charge is 0.255 e. The average Bonchev–Trinajstić information content (AvgIpc) is 2.45. The number of piperidine rings is 1. The summed E-state index contributed by atoms with van der Waals surface area (Å²) in [4.78, 5) is 10.6. The second-order valence-corrected chi connectivity index (χ2v) is 4.87. The molecule has 1 aromatic carbocycles. The second-order valence-electron chi connectivity index (χ2n) is 4.87. The quantitative estimate of drug-likeness (QED) is 0.714. The first-order valence-corrected chi connectivity index (χ1v) is 6.70. The molecular weight excluding hydrogens is 242 g/mol. The van der Waals surface area contributed by atoms with Crippen molar-refractivity contribution >= 4 is 11.6 Å². The molecule has 1 aromatic rings. The van der Waals surface area contributed by atoms with E-state index in [0.29, 0.717) is 11.7 Å². The van der Waals surface area contributed by atoms with Gasteiger partial charge in [0.25, 0.3) is 5.91 Å². The van der Waals surface area contributed by atoms with Gasteiger partial charge in [-0.05, 0) is 56.1 Å². The van der Waals surface area contributed by atoms with Crippen LogP contribution in [0, 0.1) is 5.92 Å². The number of primary amides is 1. The lowest BCUT2D eigenvalue weighted by Gasteiger charge is -2.23. The molecule has 5 heteroatoms. The molecule has 1 aliphatic rings. The molecule has 1 saturated heterocycles. The molecule has 0 radical (unpaired) electrons. The number of benzene rings is 1. The predicted molar refractivity (Wildman–Crippen MR) is 75.2 cm³/mol. The van der Waals surface area contributed by atoms with Gasteiger partial charge in [0.15, 0.2) is 6.61 Å². The van der Waals surface area contributed by atoms with Crippen molar-refractivity contribution in [2.75, 3.05) is 31.6 Å². The maximum atomic E-state index is 10.6. The lowest BCUT2D eigenvalue weighted by Crippen LogP contribution is -2.33. The highest BCUT2D eigenvalue weighted by atomic mass is 16.5. The summed E-state index contributed by atoms with van der Waals surface area (Å²) in [6, 6.07) is 7.58. The number of nitrogens with one attached hydrogen (secondary N) is 2. The summed E-state index contributed by atoms with van der Waals surface area (Å²) in [5.41, 5.74) is 6.08. The van der Waals surface area contributed by atoms with Gasteiger partial charge in [-0.15, -0.1) is 0 Å². The molecule has 0 saturated carbocycles. The Balaban J connectivity index is 1.76. The van der Waals surface area contributed by atoms with E-state index < -0.39 is 5.91 Å². The van der Waals surface area contributed by atoms with Crippen LogP contribution < -0.4 is 21.1 Å². The summed E-state index contributed by atoms with van der Waals surface area (Å²) in [6.07, 6.45) is 2.53. The molecule has 0 aliphatic carbocycles. The Kier molecular flexibility index (Phi) is 5.03. The van der Waals surface area contributed by atoms with E-state index >= 15 is 0 Å². The van der Waals surface area contributed by atoms with Crippen molar-refractivity contribution in [2.24, 2.45) is 11.7 Å². The van der Waals surface area contributed by atoms with Crippen molar-refractivity contribution in [2.45, 2.75) is 12.8 Å². The van der Waals surface area contributed by atoms with Gasteiger partial charge in [-0.3, -0.25) is 4.79 Å². The molecule has 2 rings (SSSR count). The molecule has 1 heterocycles. The van der Waals surface area contributed by atoms with Gasteiger partial charge in [-0.25, -0.2) is 0 Å². The van der Waals surface area contributed by atoms with E-state index in [1.165, 1.54) is 12.8 Å². The molecule has 4 N–H and O–H groups in total. The number of nitrogens with two attached hydrogens (primary N) is 1. The number of rotatable bonds is 6. The van der Waals surface area contributed by atoms with Crippen LogP contribution in [0.3, 0.4) is 0 Å². The number of ether oxygens (including phenoxy) is 1. The second kappa shape index (κ2) is 6.99. The SMILES string of the molecule is NC(=O)COc1ccc(NCC2CCCNC2)cc1. The fraction of sp³-hybridized carbons (Fsp3) is 0.500. The van der Waals surface area contributed by atoms with Gasteiger partial charge in [0.05, 0.1) is 0 Å². The molecule has 1 atom stereocenters. The summed E-state index contributed by atoms with van der Waals surface area (Å²) >= 11 is 0. The van der Waals surface area contributed by atoms with Gasteiger partial charge in [0, 0.05) is 12.2 Å². The summed E-state index contributed by atoms with van der Waals surface area (Å²) in [7, 11) is 0. The molecule has 1 unspecified atom stereocenters. The van der Waals surface area contributed by atoms with Gasteiger partial charge in [-0.2, -0.15) is 0 Å². The van der Waals surface area contributed by atoms with E-state index in [1.54, 1.807) is 0 Å². The van der Waals surface area contributed by atoms with Crippen molar-refractivity contribution in [1.82, 2.24) is 5.32 Å². The molecular formula is C14H21N3O2. The van der Waals surface area contributed by atoms with Crippen molar-refractivity contribution in [3.63, 3.8) is 0 Å².